The second-order valence-corrected chi connectivity index (χ2v) is 5.87. The van der Waals surface area contributed by atoms with Crippen molar-refractivity contribution in [3.05, 3.63) is 0 Å². The van der Waals surface area contributed by atoms with Crippen LogP contribution in [0.1, 0.15) is 25.7 Å². The highest BCUT2D eigenvalue weighted by molar-refractivity contribution is 5.76. The van der Waals surface area contributed by atoms with E-state index in [1.807, 2.05) is 0 Å². The third-order valence-corrected chi connectivity index (χ3v) is 4.15. The maximum absolute atomic E-state index is 12.4. The molecule has 114 valence electrons. The second kappa shape index (κ2) is 6.92. The Balaban J connectivity index is 1.84. The summed E-state index contributed by atoms with van der Waals surface area (Å²) in [7, 11) is 1.79. The average Bonchev–Trinajstić information content (AvgIpc) is 2.47. The van der Waals surface area contributed by atoms with Crippen molar-refractivity contribution in [1.82, 2.24) is 9.80 Å². The Hall–Kier alpha value is -1.30. The van der Waals surface area contributed by atoms with Crippen LogP contribution in [0.15, 0.2) is 0 Å². The Kier molecular flexibility index (Phi) is 5.23. The first-order chi connectivity index (χ1) is 9.58. The summed E-state index contributed by atoms with van der Waals surface area (Å²) in [5, 5.41) is 9.07. The second-order valence-electron chi connectivity index (χ2n) is 5.87. The smallest absolute Gasteiger partial charge is 0.319 e. The van der Waals surface area contributed by atoms with Crippen molar-refractivity contribution in [2.24, 2.45) is 11.8 Å². The third kappa shape index (κ3) is 3.85. The number of rotatable bonds is 3. The predicted octanol–water partition coefficient (Wildman–Crippen LogP) is 1.26. The molecule has 0 saturated carbocycles. The number of ether oxygens (including phenoxy) is 1. The van der Waals surface area contributed by atoms with Gasteiger partial charge in [0, 0.05) is 39.2 Å². The number of carbonyl (C=O) groups excluding carboxylic acids is 1. The van der Waals surface area contributed by atoms with Crippen LogP contribution in [0, 0.1) is 11.8 Å². The van der Waals surface area contributed by atoms with Crippen LogP contribution in [0.5, 0.6) is 0 Å². The fourth-order valence-corrected chi connectivity index (χ4v) is 3.01. The molecule has 6 heteroatoms. The number of hydrogen-bond acceptors (Lipinski definition) is 3. The number of nitrogens with zero attached hydrogens (tertiary/aromatic N) is 2. The Labute approximate surface area is 119 Å². The molecule has 20 heavy (non-hydrogen) atoms. The molecule has 0 aliphatic carbocycles. The van der Waals surface area contributed by atoms with Crippen molar-refractivity contribution in [3.8, 4) is 0 Å². The Morgan fingerprint density at radius 2 is 2.15 bits per heavy atom. The summed E-state index contributed by atoms with van der Waals surface area (Å²) in [6.07, 6.45) is 3.58. The van der Waals surface area contributed by atoms with Gasteiger partial charge in [-0.1, -0.05) is 0 Å². The van der Waals surface area contributed by atoms with Gasteiger partial charge in [-0.15, -0.1) is 0 Å². The monoisotopic (exact) mass is 284 g/mol. The number of likely N-dealkylation sites (tertiary alicyclic amines) is 1. The number of aliphatic carboxylic acids is 1. The van der Waals surface area contributed by atoms with Crippen molar-refractivity contribution in [2.75, 3.05) is 39.9 Å². The minimum atomic E-state index is -0.800. The summed E-state index contributed by atoms with van der Waals surface area (Å²) in [6, 6.07) is -0.0541. The van der Waals surface area contributed by atoms with Crippen molar-refractivity contribution in [2.45, 2.75) is 25.7 Å². The first kappa shape index (κ1) is 15.1. The lowest BCUT2D eigenvalue weighted by Gasteiger charge is -2.35. The van der Waals surface area contributed by atoms with Gasteiger partial charge in [0.05, 0.1) is 12.5 Å². The van der Waals surface area contributed by atoms with Crippen LogP contribution in [-0.2, 0) is 9.53 Å². The van der Waals surface area contributed by atoms with E-state index in [0.29, 0.717) is 32.0 Å². The maximum atomic E-state index is 12.4. The molecule has 0 aromatic heterocycles. The quantitative estimate of drug-likeness (QED) is 0.847. The largest absolute Gasteiger partial charge is 0.481 e. The van der Waals surface area contributed by atoms with Gasteiger partial charge < -0.3 is 19.6 Å². The average molecular weight is 284 g/mol. The molecular formula is C14H24N2O4. The number of carbonyl (C=O) groups is 2. The van der Waals surface area contributed by atoms with Gasteiger partial charge in [-0.05, 0) is 25.7 Å². The van der Waals surface area contributed by atoms with Gasteiger partial charge >= 0.3 is 12.0 Å². The summed E-state index contributed by atoms with van der Waals surface area (Å²) in [5.41, 5.74) is 0. The van der Waals surface area contributed by atoms with Gasteiger partial charge in [0.15, 0.2) is 0 Å². The lowest BCUT2D eigenvalue weighted by molar-refractivity contribution is -0.143. The lowest BCUT2D eigenvalue weighted by Crippen LogP contribution is -2.49. The number of amides is 2. The zero-order valence-electron chi connectivity index (χ0n) is 12.1. The van der Waals surface area contributed by atoms with Crippen LogP contribution >= 0.6 is 0 Å². The van der Waals surface area contributed by atoms with E-state index in [2.05, 4.69) is 0 Å². The number of hydrogen-bond donors (Lipinski definition) is 1. The molecule has 0 spiro atoms. The molecular weight excluding hydrogens is 260 g/mol. The van der Waals surface area contributed by atoms with Crippen molar-refractivity contribution >= 4 is 12.0 Å². The summed E-state index contributed by atoms with van der Waals surface area (Å²) in [5.74, 6) is -0.817. The molecule has 2 rings (SSSR count). The molecule has 2 atom stereocenters. The molecule has 6 nitrogen and oxygen atoms in total. The van der Waals surface area contributed by atoms with Crippen LogP contribution in [-0.4, -0.2) is 66.8 Å². The van der Waals surface area contributed by atoms with Crippen LogP contribution in [0.3, 0.4) is 0 Å². The predicted molar refractivity (Wildman–Crippen MR) is 73.5 cm³/mol. The molecule has 2 saturated heterocycles. The first-order valence-corrected chi connectivity index (χ1v) is 7.38. The van der Waals surface area contributed by atoms with Crippen LogP contribution in [0.4, 0.5) is 4.79 Å². The molecule has 2 fully saturated rings. The number of piperidine rings is 1. The van der Waals surface area contributed by atoms with Gasteiger partial charge in [0.25, 0.3) is 0 Å². The SMILES string of the molecule is CN(CC1CCCOC1)C(=O)N1CCCC(C(=O)O)C1. The number of carboxylic acids is 1. The molecule has 0 bridgehead atoms. The van der Waals surface area contributed by atoms with E-state index in [9.17, 15) is 9.59 Å². The van der Waals surface area contributed by atoms with Crippen molar-refractivity contribution < 1.29 is 19.4 Å². The van der Waals surface area contributed by atoms with Gasteiger partial charge in [0.2, 0.25) is 0 Å². The Bertz CT molecular complexity index is 355. The van der Waals surface area contributed by atoms with Gasteiger partial charge in [-0.2, -0.15) is 0 Å². The Morgan fingerprint density at radius 3 is 2.80 bits per heavy atom. The normalized spacial score (nSPS) is 27.1. The van der Waals surface area contributed by atoms with E-state index in [-0.39, 0.29) is 6.03 Å². The lowest BCUT2D eigenvalue weighted by atomic mass is 9.98. The molecule has 1 N–H and O–H groups in total. The van der Waals surface area contributed by atoms with Crippen LogP contribution in [0.25, 0.3) is 0 Å². The third-order valence-electron chi connectivity index (χ3n) is 4.15. The van der Waals surface area contributed by atoms with E-state index in [4.69, 9.17) is 9.84 Å². The minimum absolute atomic E-state index is 0.0541. The zero-order chi connectivity index (χ0) is 14.5. The standard InChI is InChI=1S/C14H24N2O4/c1-15(8-11-4-3-7-20-10-11)14(19)16-6-2-5-12(9-16)13(17)18/h11-12H,2-10H2,1H3,(H,17,18). The molecule has 0 radical (unpaired) electrons. The fraction of sp³-hybridized carbons (Fsp3) is 0.857. The highest BCUT2D eigenvalue weighted by Gasteiger charge is 2.30. The van der Waals surface area contributed by atoms with Crippen LogP contribution in [0.2, 0.25) is 0 Å². The molecule has 0 aromatic rings. The zero-order valence-corrected chi connectivity index (χ0v) is 12.1. The maximum Gasteiger partial charge on any atom is 0.319 e. The van der Waals surface area contributed by atoms with E-state index >= 15 is 0 Å². The van der Waals surface area contributed by atoms with Gasteiger partial charge in [-0.25, -0.2) is 4.79 Å². The molecule has 2 unspecified atom stereocenters. The molecule has 2 amide bonds. The summed E-state index contributed by atoms with van der Waals surface area (Å²) in [4.78, 5) is 26.8. The molecule has 2 aliphatic heterocycles. The molecule has 2 heterocycles. The highest BCUT2D eigenvalue weighted by Crippen LogP contribution is 2.19. The van der Waals surface area contributed by atoms with E-state index in [1.54, 1.807) is 16.8 Å². The van der Waals surface area contributed by atoms with Gasteiger partial charge in [-0.3, -0.25) is 4.79 Å². The van der Waals surface area contributed by atoms with E-state index < -0.39 is 11.9 Å². The van der Waals surface area contributed by atoms with Crippen molar-refractivity contribution in [3.63, 3.8) is 0 Å². The topological polar surface area (TPSA) is 70.1 Å². The highest BCUT2D eigenvalue weighted by atomic mass is 16.5. The molecule has 0 aromatic carbocycles. The van der Waals surface area contributed by atoms with Gasteiger partial charge in [0.1, 0.15) is 0 Å². The number of urea groups is 1. The Morgan fingerprint density at radius 1 is 1.35 bits per heavy atom. The summed E-state index contributed by atoms with van der Waals surface area (Å²) in [6.45, 7) is 3.22. The minimum Gasteiger partial charge on any atom is -0.481 e. The van der Waals surface area contributed by atoms with Crippen LogP contribution < -0.4 is 0 Å². The molecule has 2 aliphatic rings. The van der Waals surface area contributed by atoms with E-state index in [1.165, 1.54) is 0 Å². The fourth-order valence-electron chi connectivity index (χ4n) is 3.01. The summed E-state index contributed by atoms with van der Waals surface area (Å²) >= 11 is 0. The van der Waals surface area contributed by atoms with E-state index in [0.717, 1.165) is 32.5 Å². The van der Waals surface area contributed by atoms with Crippen molar-refractivity contribution in [1.29, 1.82) is 0 Å². The first-order valence-electron chi connectivity index (χ1n) is 7.38. The number of carboxylic acid groups (broad SMARTS) is 1. The summed E-state index contributed by atoms with van der Waals surface area (Å²) < 4.78 is 5.43.